The number of benzene rings is 4. The fraction of sp³-hybridized carbons (Fsp3) is 0.784. The molecule has 0 heterocycles. The Kier molecular flexibility index (Phi) is 41.0. The molecule has 0 N–H and O–H groups in total. The van der Waals surface area contributed by atoms with Crippen LogP contribution < -0.4 is 0 Å². The molecule has 6 unspecified atom stereocenters. The van der Waals surface area contributed by atoms with Gasteiger partial charge in [0, 0.05) is 6.85 Å². The Bertz CT molecular complexity index is 3050. The Labute approximate surface area is 701 Å². The van der Waals surface area contributed by atoms with Gasteiger partial charge in [-0.15, -0.1) is 0 Å². The average Bonchev–Trinajstić information content (AvgIpc) is 1.01. The van der Waals surface area contributed by atoms with E-state index in [1.54, 1.807) is 69.8 Å². The highest BCUT2D eigenvalue weighted by Crippen LogP contribution is 2.60. The van der Waals surface area contributed by atoms with Gasteiger partial charge in [0.15, 0.2) is 0 Å². The van der Waals surface area contributed by atoms with Crippen LogP contribution in [0.3, 0.4) is 0 Å². The monoisotopic (exact) mass is 1530 g/mol. The molecule has 0 radical (unpaired) electrons. The van der Waals surface area contributed by atoms with Gasteiger partial charge in [-0.2, -0.15) is 0 Å². The van der Waals surface area contributed by atoms with E-state index in [-0.39, 0.29) is 29.5 Å². The van der Waals surface area contributed by atoms with Crippen molar-refractivity contribution in [3.8, 4) is 0 Å². The summed E-state index contributed by atoms with van der Waals surface area (Å²) in [5, 5.41) is 0. The summed E-state index contributed by atoms with van der Waals surface area (Å²) in [7, 11) is 0. The molecule has 4 aromatic rings. The van der Waals surface area contributed by atoms with E-state index in [9.17, 15) is 0 Å². The van der Waals surface area contributed by atoms with Crippen molar-refractivity contribution in [1.29, 1.82) is 0 Å². The molecule has 0 nitrogen and oxygen atoms in total. The van der Waals surface area contributed by atoms with E-state index >= 15 is 0 Å². The minimum Gasteiger partial charge on any atom is -0.0625 e. The van der Waals surface area contributed by atoms with Crippen LogP contribution in [0.25, 0.3) is 0 Å². The Morgan fingerprint density at radius 3 is 0.865 bits per heavy atom. The number of aryl methyl sites for hydroxylation is 7. The largest absolute Gasteiger partial charge is 0.0625 e. The normalized spacial score (nSPS) is 33.9. The van der Waals surface area contributed by atoms with Crippen LogP contribution in [0, 0.1) is 165 Å². The predicted molar refractivity (Wildman–Crippen MR) is 497 cm³/mol. The third kappa shape index (κ3) is 41.2. The topological polar surface area (TPSA) is 0 Å². The van der Waals surface area contributed by atoms with E-state index in [0.29, 0.717) is 10.8 Å². The second-order valence-electron chi connectivity index (χ2n) is 43.2. The van der Waals surface area contributed by atoms with E-state index in [1.165, 1.54) is 206 Å². The summed E-state index contributed by atoms with van der Waals surface area (Å²) in [4.78, 5) is 0. The zero-order chi connectivity index (χ0) is 85.6. The minimum atomic E-state index is -0.116. The van der Waals surface area contributed by atoms with Crippen molar-refractivity contribution in [2.24, 2.45) is 117 Å². The molecule has 4 aromatic carbocycles. The molecule has 19 rings (SSSR count). The molecule has 0 heteroatoms. The summed E-state index contributed by atoms with van der Waals surface area (Å²) < 4.78 is 38.5. The second-order valence-corrected chi connectivity index (χ2v) is 43.2. The van der Waals surface area contributed by atoms with Crippen LogP contribution in [0.5, 0.6) is 0 Å². The van der Waals surface area contributed by atoms with Crippen molar-refractivity contribution in [3.63, 3.8) is 0 Å². The first kappa shape index (κ1) is 88.7. The molecule has 8 bridgehead atoms. The van der Waals surface area contributed by atoms with Crippen LogP contribution in [0.15, 0.2) is 97.1 Å². The fourth-order valence-electron chi connectivity index (χ4n) is 21.8. The Morgan fingerprint density at radius 2 is 0.595 bits per heavy atom. The molecule has 15 fully saturated rings. The molecule has 0 aromatic heterocycles. The molecule has 15 saturated carbocycles. The number of hydrogen-bond donors (Lipinski definition) is 0. The predicted octanol–water partition coefficient (Wildman–Crippen LogP) is 36.0. The highest BCUT2D eigenvalue weighted by atomic mass is 14.5. The highest BCUT2D eigenvalue weighted by molar-refractivity contribution is 5.27. The van der Waals surface area contributed by atoms with Gasteiger partial charge in [0.05, 0.1) is 0 Å². The molecule has 111 heavy (non-hydrogen) atoms. The van der Waals surface area contributed by atoms with Gasteiger partial charge in [0.25, 0.3) is 0 Å². The third-order valence-corrected chi connectivity index (χ3v) is 29.6. The summed E-state index contributed by atoms with van der Waals surface area (Å²) in [5.74, 6) is 12.9. The second kappa shape index (κ2) is 51.3. The Hall–Kier alpha value is -3.12. The molecule has 0 aliphatic heterocycles. The minimum absolute atomic E-state index is 0.0388. The van der Waals surface area contributed by atoms with Gasteiger partial charge in [-0.3, -0.25) is 0 Å². The van der Waals surface area contributed by atoms with Crippen LogP contribution in [0.2, 0.25) is 0 Å². The highest BCUT2D eigenvalue weighted by Gasteiger charge is 2.48. The lowest BCUT2D eigenvalue weighted by molar-refractivity contribution is -0.0411. The van der Waals surface area contributed by atoms with Crippen LogP contribution in [0.1, 0.15) is 444 Å². The SMILES string of the molecule is CC12CC3CC(CC(C3)C1)C2.CC1CC2CCC1C2.CC1CCC(C)(C)CC1.CC1CCC(C)CC1.Cc1cc(C)cc(C)c1.Cc1ccc(C)cc1.Cc1ccc(C2CCCCC2)cc1.Cc1ccccc1.[2H]C1(C)CC2CCC1C2.[2H]C1(C)CCC(C)(C)CC1.[2H]C1(C)CCC(C)CC1.[2H]C1(C)CCCC1.[2H]C1(C)CCCCC1. The van der Waals surface area contributed by atoms with E-state index in [1.807, 2.05) is 32.0 Å². The molecule has 15 aliphatic carbocycles. The maximum atomic E-state index is 7.87. The lowest BCUT2D eigenvalue weighted by Crippen LogP contribution is -2.44. The van der Waals surface area contributed by atoms with Gasteiger partial charge >= 0.3 is 0 Å². The molecule has 0 amide bonds. The molecular weight excluding hydrogens is 1330 g/mol. The standard InChI is InChI=1S/C13H18.C11H18.C9H12.2C9H18.2C8H14.2C8H16.C8H10.C7H14.C7H8.C6H12/c1-11-7-9-13(10-8-11)12-5-3-2-4-6-12;1-11-5-8-2-9(6-11)4-10(3-8)7-11;1-7-4-8(2)6-9(3)5-7;2*1-8-4-6-9(2,3)7-5-8;2*1-6-4-7-2-3-8(6)5-7;3*1-7-3-5-8(2)6-4-7;2*1-7-5-3-2-4-6-7;1-6-4-2-3-5-6/h7-10,12H,2-6H2,1H3;8-10H,2-7H2,1H3;4-6H,1-3H3;2*8H,4-7H2,1-3H3;2*6-8H,2-5H2,1H3;2*7-8H,3-6H2,1-2H3;3-6H,1-2H3;7H,2-6H2,1H3;2-6H,1H3;6H,2-5H2,1H3/i;;;8D;;6D;;7D;;;7D;;6D. The van der Waals surface area contributed by atoms with E-state index in [0.717, 1.165) is 134 Å². The van der Waals surface area contributed by atoms with Crippen LogP contribution >= 0.6 is 0 Å². The van der Waals surface area contributed by atoms with Crippen molar-refractivity contribution in [2.75, 3.05) is 0 Å². The summed E-state index contributed by atoms with van der Waals surface area (Å²) in [6, 6.07) is 34.4. The first-order valence-electron chi connectivity index (χ1n) is 50.5. The van der Waals surface area contributed by atoms with E-state index in [4.69, 9.17) is 6.85 Å². The lowest BCUT2D eigenvalue weighted by atomic mass is 9.50. The first-order chi connectivity index (χ1) is 54.3. The quantitative estimate of drug-likeness (QED) is 0.178. The van der Waals surface area contributed by atoms with Crippen molar-refractivity contribution in [3.05, 3.63) is 142 Å². The average molecular weight is 1530 g/mol. The number of rotatable bonds is 1. The van der Waals surface area contributed by atoms with Crippen LogP contribution in [-0.2, 0) is 0 Å². The maximum absolute atomic E-state index is 7.87. The maximum Gasteiger partial charge on any atom is 0.0303 e. The molecule has 632 valence electrons. The fourth-order valence-corrected chi connectivity index (χ4v) is 21.8. The van der Waals surface area contributed by atoms with Crippen LogP contribution in [-0.4, -0.2) is 0 Å². The Balaban J connectivity index is 0.000000196. The van der Waals surface area contributed by atoms with E-state index < -0.39 is 0 Å². The van der Waals surface area contributed by atoms with Crippen molar-refractivity contribution in [1.82, 2.24) is 0 Å². The number of fused-ring (bicyclic) bond motifs is 4. The zero-order valence-corrected chi connectivity index (χ0v) is 77.9. The third-order valence-electron chi connectivity index (χ3n) is 29.6. The number of hydrogen-bond acceptors (Lipinski definition) is 0. The van der Waals surface area contributed by atoms with Gasteiger partial charge in [-0.05, 0) is 292 Å². The molecule has 15 aliphatic rings. The first-order valence-corrected chi connectivity index (χ1v) is 48.0. The van der Waals surface area contributed by atoms with E-state index in [2.05, 4.69) is 217 Å². The van der Waals surface area contributed by atoms with Crippen LogP contribution in [0.4, 0.5) is 0 Å². The smallest absolute Gasteiger partial charge is 0.0303 e. The molecular formula is C111H188. The summed E-state index contributed by atoms with van der Waals surface area (Å²) in [6.07, 6.45) is 60.1. The molecule has 6 atom stereocenters. The van der Waals surface area contributed by atoms with Crippen molar-refractivity contribution < 1.29 is 6.85 Å². The zero-order valence-electron chi connectivity index (χ0n) is 82.9. The lowest BCUT2D eigenvalue weighted by Gasteiger charge is -2.55. The van der Waals surface area contributed by atoms with Crippen molar-refractivity contribution in [2.45, 2.75) is 441 Å². The van der Waals surface area contributed by atoms with Gasteiger partial charge in [0.2, 0.25) is 0 Å². The van der Waals surface area contributed by atoms with Gasteiger partial charge in [-0.25, -0.2) is 0 Å². The van der Waals surface area contributed by atoms with Crippen molar-refractivity contribution >= 4 is 0 Å². The molecule has 0 saturated heterocycles. The summed E-state index contributed by atoms with van der Waals surface area (Å²) >= 11 is 0. The van der Waals surface area contributed by atoms with Gasteiger partial charge < -0.3 is 0 Å². The Morgan fingerprint density at radius 1 is 0.270 bits per heavy atom. The van der Waals surface area contributed by atoms with Gasteiger partial charge in [0.1, 0.15) is 0 Å². The summed E-state index contributed by atoms with van der Waals surface area (Å²) in [6.45, 7) is 48.8. The molecule has 0 spiro atoms. The summed E-state index contributed by atoms with van der Waals surface area (Å²) in [5.41, 5.74) is 13.0. The van der Waals surface area contributed by atoms with Gasteiger partial charge in [-0.1, -0.05) is 407 Å².